The normalized spacial score (nSPS) is 16.2. The van der Waals surface area contributed by atoms with Crippen molar-refractivity contribution in [3.63, 3.8) is 0 Å². The monoisotopic (exact) mass is 370 g/mol. The Balaban J connectivity index is 1.82. The van der Waals surface area contributed by atoms with Gasteiger partial charge in [0.25, 0.3) is 5.91 Å². The van der Waals surface area contributed by atoms with Crippen molar-refractivity contribution in [2.24, 2.45) is 0 Å². The van der Waals surface area contributed by atoms with Gasteiger partial charge in [-0.1, -0.05) is 0 Å². The van der Waals surface area contributed by atoms with Gasteiger partial charge in [-0.3, -0.25) is 4.79 Å². The van der Waals surface area contributed by atoms with E-state index >= 15 is 0 Å². The summed E-state index contributed by atoms with van der Waals surface area (Å²) in [7, 11) is -2.08. The van der Waals surface area contributed by atoms with Gasteiger partial charge in [0.15, 0.2) is 0 Å². The van der Waals surface area contributed by atoms with Gasteiger partial charge in [0.1, 0.15) is 15.5 Å². The lowest BCUT2D eigenvalue weighted by Crippen LogP contribution is -2.41. The van der Waals surface area contributed by atoms with Gasteiger partial charge in [-0.2, -0.15) is 4.31 Å². The highest BCUT2D eigenvalue weighted by molar-refractivity contribution is 7.89. The average molecular weight is 370 g/mol. The largest absolute Gasteiger partial charge is 0.467 e. The molecule has 0 spiro atoms. The molecular weight excluding hydrogens is 352 g/mol. The van der Waals surface area contributed by atoms with Crippen molar-refractivity contribution in [3.05, 3.63) is 40.5 Å². The van der Waals surface area contributed by atoms with Crippen molar-refractivity contribution in [2.75, 3.05) is 33.4 Å². The number of rotatable bonds is 5. The standard InChI is InChI=1S/C15H18N2O5S2/c1-16(11-12-3-2-7-22-12)15(18)14-13(4-10-23-14)24(19,20)17-5-8-21-9-6-17/h2-4,7,10H,5-6,8-9,11H2,1H3. The topological polar surface area (TPSA) is 80.1 Å². The molecule has 1 saturated heterocycles. The van der Waals surface area contributed by atoms with E-state index in [1.807, 2.05) is 0 Å². The molecule has 0 aliphatic carbocycles. The van der Waals surface area contributed by atoms with Crippen LogP contribution in [0, 0.1) is 0 Å². The summed E-state index contributed by atoms with van der Waals surface area (Å²) in [5.41, 5.74) is 0. The number of hydrogen-bond acceptors (Lipinski definition) is 6. The molecule has 2 aromatic rings. The molecule has 7 nitrogen and oxygen atoms in total. The van der Waals surface area contributed by atoms with Gasteiger partial charge < -0.3 is 14.1 Å². The number of hydrogen-bond donors (Lipinski definition) is 0. The summed E-state index contributed by atoms with van der Waals surface area (Å²) < 4.78 is 37.4. The van der Waals surface area contributed by atoms with E-state index in [1.165, 1.54) is 21.5 Å². The van der Waals surface area contributed by atoms with Gasteiger partial charge in [0, 0.05) is 20.1 Å². The first kappa shape index (κ1) is 17.2. The third kappa shape index (κ3) is 3.39. The molecule has 3 rings (SSSR count). The fraction of sp³-hybridized carbons (Fsp3) is 0.400. The molecule has 0 bridgehead atoms. The molecule has 1 aliphatic rings. The Morgan fingerprint density at radius 2 is 2.08 bits per heavy atom. The van der Waals surface area contributed by atoms with Crippen LogP contribution >= 0.6 is 11.3 Å². The second-order valence-corrected chi connectivity index (χ2v) is 8.19. The lowest BCUT2D eigenvalue weighted by atomic mass is 10.3. The van der Waals surface area contributed by atoms with E-state index < -0.39 is 10.0 Å². The Kier molecular flexibility index (Phi) is 5.04. The van der Waals surface area contributed by atoms with Crippen molar-refractivity contribution in [1.29, 1.82) is 0 Å². The molecule has 1 fully saturated rings. The van der Waals surface area contributed by atoms with Crippen molar-refractivity contribution < 1.29 is 22.4 Å². The molecule has 0 saturated carbocycles. The summed E-state index contributed by atoms with van der Waals surface area (Å²) in [6.45, 7) is 1.61. The highest BCUT2D eigenvalue weighted by atomic mass is 32.2. The van der Waals surface area contributed by atoms with Gasteiger partial charge in [-0.15, -0.1) is 11.3 Å². The lowest BCUT2D eigenvalue weighted by Gasteiger charge is -2.26. The van der Waals surface area contributed by atoms with Crippen LogP contribution < -0.4 is 0 Å². The number of morpholine rings is 1. The van der Waals surface area contributed by atoms with Crippen LogP contribution in [0.15, 0.2) is 39.2 Å². The maximum Gasteiger partial charge on any atom is 0.265 e. The Labute approximate surface area is 144 Å². The first-order valence-corrected chi connectivity index (χ1v) is 9.75. The van der Waals surface area contributed by atoms with Crippen LogP contribution in [-0.4, -0.2) is 56.9 Å². The molecule has 0 N–H and O–H groups in total. The van der Waals surface area contributed by atoms with Crippen molar-refractivity contribution in [3.8, 4) is 0 Å². The molecule has 3 heterocycles. The fourth-order valence-corrected chi connectivity index (χ4v) is 5.26. The summed E-state index contributed by atoms with van der Waals surface area (Å²) in [4.78, 5) is 14.4. The van der Waals surface area contributed by atoms with Gasteiger partial charge >= 0.3 is 0 Å². The predicted octanol–water partition coefficient (Wildman–Crippen LogP) is 1.63. The van der Waals surface area contributed by atoms with E-state index in [0.29, 0.717) is 32.1 Å². The van der Waals surface area contributed by atoms with Gasteiger partial charge in [-0.25, -0.2) is 8.42 Å². The number of carbonyl (C=O) groups is 1. The van der Waals surface area contributed by atoms with Crippen LogP contribution in [0.1, 0.15) is 15.4 Å². The Bertz CT molecular complexity index is 792. The number of carbonyl (C=O) groups excluding carboxylic acids is 1. The number of nitrogens with zero attached hydrogens (tertiary/aromatic N) is 2. The molecule has 1 aliphatic heterocycles. The minimum absolute atomic E-state index is 0.0608. The molecule has 0 atom stereocenters. The summed E-state index contributed by atoms with van der Waals surface area (Å²) in [5, 5.41) is 1.63. The zero-order valence-electron chi connectivity index (χ0n) is 13.2. The first-order valence-electron chi connectivity index (χ1n) is 7.43. The zero-order valence-corrected chi connectivity index (χ0v) is 14.8. The maximum absolute atomic E-state index is 12.8. The average Bonchev–Trinajstić information content (AvgIpc) is 3.26. The summed E-state index contributed by atoms with van der Waals surface area (Å²) in [6.07, 6.45) is 1.53. The van der Waals surface area contributed by atoms with Crippen molar-refractivity contribution >= 4 is 27.3 Å². The smallest absolute Gasteiger partial charge is 0.265 e. The molecule has 130 valence electrons. The molecule has 0 unspecified atom stereocenters. The Morgan fingerprint density at radius 3 is 2.75 bits per heavy atom. The minimum Gasteiger partial charge on any atom is -0.467 e. The SMILES string of the molecule is CN(Cc1ccco1)C(=O)c1sccc1S(=O)(=O)N1CCOCC1. The van der Waals surface area contributed by atoms with Crippen molar-refractivity contribution in [1.82, 2.24) is 9.21 Å². The van der Waals surface area contributed by atoms with Crippen LogP contribution in [0.4, 0.5) is 0 Å². The fourth-order valence-electron chi connectivity index (χ4n) is 2.46. The third-order valence-electron chi connectivity index (χ3n) is 3.73. The quantitative estimate of drug-likeness (QED) is 0.799. The van der Waals surface area contributed by atoms with E-state index in [-0.39, 0.29) is 22.2 Å². The van der Waals surface area contributed by atoms with E-state index in [9.17, 15) is 13.2 Å². The first-order chi connectivity index (χ1) is 11.5. The van der Waals surface area contributed by atoms with Gasteiger partial charge in [0.2, 0.25) is 10.0 Å². The molecule has 9 heteroatoms. The summed E-state index contributed by atoms with van der Waals surface area (Å²) >= 11 is 1.13. The highest BCUT2D eigenvalue weighted by Gasteiger charge is 2.32. The molecule has 2 aromatic heterocycles. The second-order valence-electron chi connectivity index (χ2n) is 5.37. The van der Waals surface area contributed by atoms with Crippen molar-refractivity contribution in [2.45, 2.75) is 11.4 Å². The highest BCUT2D eigenvalue weighted by Crippen LogP contribution is 2.27. The summed E-state index contributed by atoms with van der Waals surface area (Å²) in [6, 6.07) is 5.00. The number of ether oxygens (including phenoxy) is 1. The Hall–Kier alpha value is -1.68. The second kappa shape index (κ2) is 7.06. The molecule has 24 heavy (non-hydrogen) atoms. The Morgan fingerprint density at radius 1 is 1.33 bits per heavy atom. The molecule has 0 radical (unpaired) electrons. The number of furan rings is 1. The third-order valence-corrected chi connectivity index (χ3v) is 6.70. The zero-order chi connectivity index (χ0) is 17.2. The van der Waals surface area contributed by atoms with E-state index in [0.717, 1.165) is 11.3 Å². The molecule has 1 amide bonds. The molecular formula is C15H18N2O5S2. The number of thiophene rings is 1. The van der Waals surface area contributed by atoms with Crippen LogP contribution in [-0.2, 0) is 21.3 Å². The van der Waals surface area contributed by atoms with Gasteiger partial charge in [-0.05, 0) is 23.6 Å². The van der Waals surface area contributed by atoms with Crippen LogP contribution in [0.25, 0.3) is 0 Å². The summed E-state index contributed by atoms with van der Waals surface area (Å²) in [5.74, 6) is 0.299. The van der Waals surface area contributed by atoms with E-state index in [2.05, 4.69) is 0 Å². The van der Waals surface area contributed by atoms with E-state index in [1.54, 1.807) is 24.6 Å². The lowest BCUT2D eigenvalue weighted by molar-refractivity contribution is 0.0727. The molecule has 0 aromatic carbocycles. The minimum atomic E-state index is -3.70. The van der Waals surface area contributed by atoms with Gasteiger partial charge in [0.05, 0.1) is 26.0 Å². The van der Waals surface area contributed by atoms with Crippen LogP contribution in [0.2, 0.25) is 0 Å². The number of sulfonamides is 1. The van der Waals surface area contributed by atoms with E-state index in [4.69, 9.17) is 9.15 Å². The predicted molar refractivity (Wildman–Crippen MR) is 88.4 cm³/mol. The van der Waals surface area contributed by atoms with Crippen LogP contribution in [0.3, 0.4) is 0 Å². The number of amides is 1. The van der Waals surface area contributed by atoms with Crippen LogP contribution in [0.5, 0.6) is 0 Å². The maximum atomic E-state index is 12.8.